The van der Waals surface area contributed by atoms with E-state index < -0.39 is 0 Å². The molecule has 0 bridgehead atoms. The van der Waals surface area contributed by atoms with Crippen LogP contribution in [0.1, 0.15) is 49.2 Å². The molecule has 0 fully saturated rings. The molecule has 1 aromatic heterocycles. The van der Waals surface area contributed by atoms with E-state index in [1.54, 1.807) is 0 Å². The van der Waals surface area contributed by atoms with E-state index in [9.17, 15) is 0 Å². The number of halogens is 1. The molecule has 2 atom stereocenters. The Labute approximate surface area is 124 Å². The molecule has 0 aliphatic carbocycles. The van der Waals surface area contributed by atoms with E-state index in [0.29, 0.717) is 12.1 Å². The zero-order valence-electron chi connectivity index (χ0n) is 11.4. The molecule has 3 heteroatoms. The summed E-state index contributed by atoms with van der Waals surface area (Å²) in [6, 6.07) is 13.3. The van der Waals surface area contributed by atoms with Crippen molar-refractivity contribution >= 4 is 22.9 Å². The van der Waals surface area contributed by atoms with E-state index in [1.165, 1.54) is 10.4 Å². The molecule has 1 nitrogen and oxygen atoms in total. The van der Waals surface area contributed by atoms with Crippen molar-refractivity contribution in [3.63, 3.8) is 0 Å². The molecular weight excluding hydrogens is 274 g/mol. The SMILES string of the molecule is CCC(NC(CC)c1cccs1)c1ccc(Cl)cc1. The van der Waals surface area contributed by atoms with E-state index in [4.69, 9.17) is 11.6 Å². The van der Waals surface area contributed by atoms with Crippen LogP contribution in [0.5, 0.6) is 0 Å². The van der Waals surface area contributed by atoms with Crippen molar-refractivity contribution in [2.75, 3.05) is 0 Å². The van der Waals surface area contributed by atoms with Gasteiger partial charge in [0.1, 0.15) is 0 Å². The Bertz CT molecular complexity index is 478. The third-order valence-corrected chi connectivity index (χ3v) is 4.62. The quantitative estimate of drug-likeness (QED) is 0.731. The lowest BCUT2D eigenvalue weighted by Gasteiger charge is -2.24. The fraction of sp³-hybridized carbons (Fsp3) is 0.375. The fourth-order valence-corrected chi connectivity index (χ4v) is 3.27. The van der Waals surface area contributed by atoms with Crippen LogP contribution < -0.4 is 5.32 Å². The summed E-state index contributed by atoms with van der Waals surface area (Å²) < 4.78 is 0. The van der Waals surface area contributed by atoms with E-state index >= 15 is 0 Å². The highest BCUT2D eigenvalue weighted by Crippen LogP contribution is 2.27. The Balaban J connectivity index is 2.11. The lowest BCUT2D eigenvalue weighted by molar-refractivity contribution is 0.430. The summed E-state index contributed by atoms with van der Waals surface area (Å²) in [6.45, 7) is 4.44. The predicted octanol–water partition coefficient (Wildman–Crippen LogP) is 5.59. The molecule has 0 saturated carbocycles. The van der Waals surface area contributed by atoms with Gasteiger partial charge in [0.05, 0.1) is 0 Å². The first-order valence-electron chi connectivity index (χ1n) is 6.79. The monoisotopic (exact) mass is 293 g/mol. The van der Waals surface area contributed by atoms with Gasteiger partial charge in [0, 0.05) is 22.0 Å². The van der Waals surface area contributed by atoms with E-state index in [2.05, 4.69) is 48.8 Å². The van der Waals surface area contributed by atoms with E-state index in [1.807, 2.05) is 23.5 Å². The molecule has 102 valence electrons. The summed E-state index contributed by atoms with van der Waals surface area (Å²) in [6.07, 6.45) is 2.17. The second-order valence-corrected chi connectivity index (χ2v) is 6.07. The normalized spacial score (nSPS) is 14.3. The Morgan fingerprint density at radius 1 is 1.05 bits per heavy atom. The van der Waals surface area contributed by atoms with Crippen LogP contribution >= 0.6 is 22.9 Å². The predicted molar refractivity (Wildman–Crippen MR) is 85.0 cm³/mol. The van der Waals surface area contributed by atoms with Gasteiger partial charge in [-0.25, -0.2) is 0 Å². The smallest absolute Gasteiger partial charge is 0.0417 e. The van der Waals surface area contributed by atoms with E-state index in [-0.39, 0.29) is 0 Å². The van der Waals surface area contributed by atoms with Gasteiger partial charge in [-0.15, -0.1) is 11.3 Å². The molecule has 1 aromatic carbocycles. The van der Waals surface area contributed by atoms with Crippen LogP contribution in [0.3, 0.4) is 0 Å². The lowest BCUT2D eigenvalue weighted by atomic mass is 10.0. The summed E-state index contributed by atoms with van der Waals surface area (Å²) in [7, 11) is 0. The number of hydrogen-bond acceptors (Lipinski definition) is 2. The van der Waals surface area contributed by atoms with Crippen LogP contribution in [0.2, 0.25) is 5.02 Å². The largest absolute Gasteiger partial charge is 0.302 e. The Hall–Kier alpha value is -0.830. The summed E-state index contributed by atoms with van der Waals surface area (Å²) in [5.74, 6) is 0. The van der Waals surface area contributed by atoms with Crippen molar-refractivity contribution in [2.45, 2.75) is 38.8 Å². The van der Waals surface area contributed by atoms with Gasteiger partial charge in [0.2, 0.25) is 0 Å². The van der Waals surface area contributed by atoms with Crippen LogP contribution in [0.4, 0.5) is 0 Å². The minimum atomic E-state index is 0.379. The van der Waals surface area contributed by atoms with Crippen molar-refractivity contribution in [1.82, 2.24) is 5.32 Å². The molecule has 2 unspecified atom stereocenters. The van der Waals surface area contributed by atoms with Crippen molar-refractivity contribution in [3.8, 4) is 0 Å². The first-order valence-corrected chi connectivity index (χ1v) is 8.05. The lowest BCUT2D eigenvalue weighted by Crippen LogP contribution is -2.25. The maximum atomic E-state index is 5.96. The fourth-order valence-electron chi connectivity index (χ4n) is 2.28. The average molecular weight is 294 g/mol. The van der Waals surface area contributed by atoms with Gasteiger partial charge >= 0.3 is 0 Å². The number of hydrogen-bond donors (Lipinski definition) is 1. The maximum Gasteiger partial charge on any atom is 0.0417 e. The van der Waals surface area contributed by atoms with Crippen molar-refractivity contribution in [2.24, 2.45) is 0 Å². The molecule has 2 rings (SSSR count). The van der Waals surface area contributed by atoms with Crippen LogP contribution in [-0.4, -0.2) is 0 Å². The van der Waals surface area contributed by atoms with Crippen LogP contribution in [0, 0.1) is 0 Å². The van der Waals surface area contributed by atoms with Crippen LogP contribution in [-0.2, 0) is 0 Å². The highest BCUT2D eigenvalue weighted by atomic mass is 35.5. The maximum absolute atomic E-state index is 5.96. The molecule has 0 aliphatic heterocycles. The minimum absolute atomic E-state index is 0.379. The molecule has 2 aromatic rings. The molecule has 0 spiro atoms. The second-order valence-electron chi connectivity index (χ2n) is 4.66. The van der Waals surface area contributed by atoms with Gasteiger partial charge in [-0.05, 0) is 42.0 Å². The topological polar surface area (TPSA) is 12.0 Å². The second kappa shape index (κ2) is 7.09. The van der Waals surface area contributed by atoms with Gasteiger partial charge in [0.25, 0.3) is 0 Å². The zero-order chi connectivity index (χ0) is 13.7. The number of thiophene rings is 1. The molecule has 1 N–H and O–H groups in total. The standard InChI is InChI=1S/C16H20ClNS/c1-3-14(12-7-9-13(17)10-8-12)18-15(4-2)16-6-5-11-19-16/h5-11,14-15,18H,3-4H2,1-2H3. The summed E-state index contributed by atoms with van der Waals surface area (Å²) in [5, 5.41) is 6.70. The molecule has 0 amide bonds. The highest BCUT2D eigenvalue weighted by molar-refractivity contribution is 7.10. The Kier molecular flexibility index (Phi) is 5.44. The van der Waals surface area contributed by atoms with Gasteiger partial charge < -0.3 is 5.32 Å². The molecule has 1 heterocycles. The van der Waals surface area contributed by atoms with Crippen molar-refractivity contribution in [3.05, 3.63) is 57.2 Å². The third kappa shape index (κ3) is 3.82. The summed E-state index contributed by atoms with van der Waals surface area (Å²) in [4.78, 5) is 1.41. The van der Waals surface area contributed by atoms with Crippen LogP contribution in [0.25, 0.3) is 0 Å². The zero-order valence-corrected chi connectivity index (χ0v) is 13.0. The molecule has 19 heavy (non-hydrogen) atoms. The molecule has 0 radical (unpaired) electrons. The molecular formula is C16H20ClNS. The number of nitrogens with one attached hydrogen (secondary N) is 1. The summed E-state index contributed by atoms with van der Waals surface area (Å²) >= 11 is 7.78. The first kappa shape index (κ1) is 14.6. The third-order valence-electron chi connectivity index (χ3n) is 3.38. The average Bonchev–Trinajstić information content (AvgIpc) is 2.95. The van der Waals surface area contributed by atoms with E-state index in [0.717, 1.165) is 17.9 Å². The minimum Gasteiger partial charge on any atom is -0.302 e. The highest BCUT2D eigenvalue weighted by Gasteiger charge is 2.16. The Morgan fingerprint density at radius 3 is 2.26 bits per heavy atom. The molecule has 0 saturated heterocycles. The number of rotatable bonds is 6. The van der Waals surface area contributed by atoms with Gasteiger partial charge in [-0.3, -0.25) is 0 Å². The Morgan fingerprint density at radius 2 is 1.74 bits per heavy atom. The van der Waals surface area contributed by atoms with Crippen LogP contribution in [0.15, 0.2) is 41.8 Å². The van der Waals surface area contributed by atoms with Crippen molar-refractivity contribution < 1.29 is 0 Å². The number of benzene rings is 1. The van der Waals surface area contributed by atoms with Gasteiger partial charge in [-0.2, -0.15) is 0 Å². The first-order chi connectivity index (χ1) is 9.24. The van der Waals surface area contributed by atoms with Crippen molar-refractivity contribution in [1.29, 1.82) is 0 Å². The van der Waals surface area contributed by atoms with Gasteiger partial charge in [0.15, 0.2) is 0 Å². The molecule has 0 aliphatic rings. The summed E-state index contributed by atoms with van der Waals surface area (Å²) in [5.41, 5.74) is 1.31. The van der Waals surface area contributed by atoms with Gasteiger partial charge in [-0.1, -0.05) is 43.6 Å².